The molecule has 0 radical (unpaired) electrons. The van der Waals surface area contributed by atoms with E-state index in [0.717, 1.165) is 54.4 Å². The Morgan fingerprint density at radius 2 is 1.79 bits per heavy atom. The Bertz CT molecular complexity index is 1190. The monoisotopic (exact) mass is 479 g/mol. The maximum Gasteiger partial charge on any atom is 0.406 e. The van der Waals surface area contributed by atoms with E-state index in [1.165, 1.54) is 30.1 Å². The lowest BCUT2D eigenvalue weighted by Gasteiger charge is -2.26. The summed E-state index contributed by atoms with van der Waals surface area (Å²) in [4.78, 5) is 18.5. The van der Waals surface area contributed by atoms with Gasteiger partial charge in [0.15, 0.2) is 0 Å². The van der Waals surface area contributed by atoms with E-state index in [4.69, 9.17) is 9.72 Å². The summed E-state index contributed by atoms with van der Waals surface area (Å²) < 4.78 is 46.3. The summed E-state index contributed by atoms with van der Waals surface area (Å²) in [6.45, 7) is 7.66. The highest BCUT2D eigenvalue weighted by molar-refractivity contribution is 7.99. The Balaban J connectivity index is 1.61. The van der Waals surface area contributed by atoms with Gasteiger partial charge in [0, 0.05) is 47.2 Å². The van der Waals surface area contributed by atoms with Crippen LogP contribution in [0.15, 0.2) is 51.1 Å². The third-order valence-corrected chi connectivity index (χ3v) is 6.70. The minimum absolute atomic E-state index is 0.125. The lowest BCUT2D eigenvalue weighted by Crippen LogP contribution is -2.27. The number of pyridine rings is 1. The van der Waals surface area contributed by atoms with Crippen LogP contribution in [0.25, 0.3) is 11.0 Å². The molecule has 9 heteroatoms. The Morgan fingerprint density at radius 3 is 2.42 bits per heavy atom. The topological polar surface area (TPSA) is 49.0 Å². The SMILES string of the molecule is CC(C)(C)c1nc2cc(Sc3ccn(CC(F)(F)F)c(=O)c3)ccc2n1CC1CCOCC1. The van der Waals surface area contributed by atoms with Crippen molar-refractivity contribution in [3.05, 3.63) is 52.7 Å². The highest BCUT2D eigenvalue weighted by Gasteiger charge is 2.28. The number of fused-ring (bicyclic) bond motifs is 1. The number of rotatable bonds is 5. The zero-order valence-corrected chi connectivity index (χ0v) is 19.8. The summed E-state index contributed by atoms with van der Waals surface area (Å²) in [5, 5.41) is 0. The molecule has 1 saturated heterocycles. The number of benzene rings is 1. The molecule has 0 bridgehead atoms. The van der Waals surface area contributed by atoms with Crippen LogP contribution in [0, 0.1) is 5.92 Å². The van der Waals surface area contributed by atoms with Crippen molar-refractivity contribution in [2.45, 2.75) is 68.1 Å². The van der Waals surface area contributed by atoms with E-state index >= 15 is 0 Å². The summed E-state index contributed by atoms with van der Waals surface area (Å²) in [6.07, 6.45) is -1.16. The Morgan fingerprint density at radius 1 is 1.09 bits per heavy atom. The quantitative estimate of drug-likeness (QED) is 0.476. The summed E-state index contributed by atoms with van der Waals surface area (Å²) >= 11 is 1.34. The van der Waals surface area contributed by atoms with Crippen molar-refractivity contribution in [1.82, 2.24) is 14.1 Å². The van der Waals surface area contributed by atoms with E-state index in [1.807, 2.05) is 18.2 Å². The average molecular weight is 480 g/mol. The van der Waals surface area contributed by atoms with Gasteiger partial charge < -0.3 is 13.9 Å². The van der Waals surface area contributed by atoms with Crippen molar-refractivity contribution >= 4 is 22.8 Å². The first-order chi connectivity index (χ1) is 15.5. The van der Waals surface area contributed by atoms with E-state index in [1.54, 1.807) is 0 Å². The van der Waals surface area contributed by atoms with Crippen LogP contribution in [0.5, 0.6) is 0 Å². The molecule has 3 aromatic rings. The molecule has 1 aliphatic rings. The van der Waals surface area contributed by atoms with Gasteiger partial charge >= 0.3 is 6.18 Å². The maximum absolute atomic E-state index is 12.6. The molecule has 33 heavy (non-hydrogen) atoms. The molecule has 1 aromatic carbocycles. The standard InChI is InChI=1S/C24H28F3N3O2S/c1-23(2,3)22-28-19-12-17(4-5-20(19)30(22)14-16-7-10-32-11-8-16)33-18-6-9-29(21(31)13-18)15-24(25,26)27/h4-6,9,12-13,16H,7-8,10-11,14-15H2,1-3H3. The number of halogens is 3. The van der Waals surface area contributed by atoms with Gasteiger partial charge in [-0.3, -0.25) is 4.79 Å². The summed E-state index contributed by atoms with van der Waals surface area (Å²) in [5.74, 6) is 1.58. The Kier molecular flexibility index (Phi) is 6.64. The van der Waals surface area contributed by atoms with Gasteiger partial charge in [-0.15, -0.1) is 0 Å². The lowest BCUT2D eigenvalue weighted by molar-refractivity contribution is -0.141. The molecule has 0 saturated carbocycles. The van der Waals surface area contributed by atoms with Crippen molar-refractivity contribution in [2.24, 2.45) is 5.92 Å². The molecule has 0 amide bonds. The fourth-order valence-electron chi connectivity index (χ4n) is 4.13. The van der Waals surface area contributed by atoms with Crippen LogP contribution in [-0.2, 0) is 23.2 Å². The molecule has 4 rings (SSSR count). The number of aromatic nitrogens is 3. The zero-order valence-electron chi connectivity index (χ0n) is 19.0. The molecule has 0 atom stereocenters. The van der Waals surface area contributed by atoms with Crippen molar-refractivity contribution in [1.29, 1.82) is 0 Å². The number of alkyl halides is 3. The minimum Gasteiger partial charge on any atom is -0.381 e. The van der Waals surface area contributed by atoms with Gasteiger partial charge in [0.25, 0.3) is 5.56 Å². The van der Waals surface area contributed by atoms with Gasteiger partial charge in [0.2, 0.25) is 0 Å². The number of hydrogen-bond donors (Lipinski definition) is 0. The normalized spacial score (nSPS) is 15.9. The molecule has 2 aromatic heterocycles. The molecular weight excluding hydrogens is 451 g/mol. The number of imidazole rings is 1. The van der Waals surface area contributed by atoms with Crippen LogP contribution in [0.3, 0.4) is 0 Å². The molecule has 0 aliphatic carbocycles. The van der Waals surface area contributed by atoms with E-state index < -0.39 is 18.3 Å². The highest BCUT2D eigenvalue weighted by Crippen LogP contribution is 2.33. The molecular formula is C24H28F3N3O2S. The van der Waals surface area contributed by atoms with Crippen LogP contribution in [-0.4, -0.2) is 33.5 Å². The first kappa shape index (κ1) is 23.9. The summed E-state index contributed by atoms with van der Waals surface area (Å²) in [5.41, 5.74) is 1.15. The second-order valence-corrected chi connectivity index (χ2v) is 10.7. The number of nitrogens with zero attached hydrogens (tertiary/aromatic N) is 3. The molecule has 0 spiro atoms. The largest absolute Gasteiger partial charge is 0.406 e. The van der Waals surface area contributed by atoms with Gasteiger partial charge in [-0.2, -0.15) is 13.2 Å². The smallest absolute Gasteiger partial charge is 0.381 e. The Labute approximate surface area is 195 Å². The zero-order chi connectivity index (χ0) is 23.8. The Hall–Kier alpha value is -2.26. The van der Waals surface area contributed by atoms with Crippen LogP contribution in [0.1, 0.15) is 39.4 Å². The fourth-order valence-corrected chi connectivity index (χ4v) is 5.00. The molecule has 0 N–H and O–H groups in total. The van der Waals surface area contributed by atoms with Crippen LogP contribution >= 0.6 is 11.8 Å². The summed E-state index contributed by atoms with van der Waals surface area (Å²) in [6, 6.07) is 8.78. The van der Waals surface area contributed by atoms with Crippen LogP contribution in [0.2, 0.25) is 0 Å². The van der Waals surface area contributed by atoms with E-state index in [9.17, 15) is 18.0 Å². The second kappa shape index (κ2) is 9.18. The maximum atomic E-state index is 12.6. The van der Waals surface area contributed by atoms with Crippen molar-refractivity contribution < 1.29 is 17.9 Å². The fraction of sp³-hybridized carbons (Fsp3) is 0.500. The van der Waals surface area contributed by atoms with Crippen LogP contribution < -0.4 is 5.56 Å². The van der Waals surface area contributed by atoms with Crippen molar-refractivity contribution in [3.8, 4) is 0 Å². The lowest BCUT2D eigenvalue weighted by atomic mass is 9.94. The van der Waals surface area contributed by atoms with Gasteiger partial charge in [0.1, 0.15) is 12.4 Å². The second-order valence-electron chi connectivity index (χ2n) is 9.55. The third kappa shape index (κ3) is 5.81. The predicted octanol–water partition coefficient (Wildman–Crippen LogP) is 5.64. The first-order valence-corrected chi connectivity index (χ1v) is 11.8. The molecule has 5 nitrogen and oxygen atoms in total. The average Bonchev–Trinajstić information content (AvgIpc) is 3.08. The van der Waals surface area contributed by atoms with E-state index in [-0.39, 0.29) is 5.41 Å². The van der Waals surface area contributed by atoms with Crippen LogP contribution in [0.4, 0.5) is 13.2 Å². The first-order valence-electron chi connectivity index (χ1n) is 11.0. The molecule has 0 unspecified atom stereocenters. The van der Waals surface area contributed by atoms with E-state index in [2.05, 4.69) is 25.3 Å². The van der Waals surface area contributed by atoms with Gasteiger partial charge in [-0.25, -0.2) is 4.98 Å². The molecule has 1 aliphatic heterocycles. The van der Waals surface area contributed by atoms with Gasteiger partial charge in [-0.1, -0.05) is 32.5 Å². The molecule has 178 valence electrons. The summed E-state index contributed by atoms with van der Waals surface area (Å²) in [7, 11) is 0. The van der Waals surface area contributed by atoms with Crippen molar-refractivity contribution in [2.75, 3.05) is 13.2 Å². The molecule has 3 heterocycles. The minimum atomic E-state index is -4.43. The van der Waals surface area contributed by atoms with E-state index in [0.29, 0.717) is 15.4 Å². The highest BCUT2D eigenvalue weighted by atomic mass is 32.2. The van der Waals surface area contributed by atoms with Crippen molar-refractivity contribution in [3.63, 3.8) is 0 Å². The number of ether oxygens (including phenoxy) is 1. The van der Waals surface area contributed by atoms with Gasteiger partial charge in [-0.05, 0) is 43.0 Å². The predicted molar refractivity (Wildman–Crippen MR) is 123 cm³/mol. The third-order valence-electron chi connectivity index (χ3n) is 5.73. The molecule has 1 fully saturated rings. The van der Waals surface area contributed by atoms with Gasteiger partial charge in [0.05, 0.1) is 11.0 Å². The number of hydrogen-bond acceptors (Lipinski definition) is 4.